The fourth-order valence-electron chi connectivity index (χ4n) is 4.92. The third kappa shape index (κ3) is 38.0. The highest BCUT2D eigenvalue weighted by atomic mass is 31.2. The summed E-state index contributed by atoms with van der Waals surface area (Å²) in [4.78, 5) is 34.9. The quantitative estimate of drug-likeness (QED) is 0.0155. The number of hydrogen-bond acceptors (Lipinski definition) is 10. The molecule has 0 spiro atoms. The van der Waals surface area contributed by atoms with E-state index in [1.165, 1.54) is 25.7 Å². The molecule has 0 rings (SSSR count). The van der Waals surface area contributed by atoms with Gasteiger partial charge in [-0.05, 0) is 70.6 Å². The Hall–Kier alpha value is -2.89. The minimum Gasteiger partial charge on any atom is -0.462 e. The molecule has 0 aliphatic heterocycles. The maximum Gasteiger partial charge on any atom is 0.472 e. The number of esters is 2. The van der Waals surface area contributed by atoms with E-state index < -0.39 is 57.9 Å². The Morgan fingerprint density at radius 1 is 0.625 bits per heavy atom. The third-order valence-electron chi connectivity index (χ3n) is 8.14. The normalized spacial score (nSPS) is 15.3. The summed E-state index contributed by atoms with van der Waals surface area (Å²) in [5, 5.41) is 28.1. The second-order valence-corrected chi connectivity index (χ2v) is 15.0. The van der Waals surface area contributed by atoms with Crippen LogP contribution in [0.4, 0.5) is 0 Å². The number of phosphoric acid groups is 1. The van der Waals surface area contributed by atoms with Crippen molar-refractivity contribution >= 4 is 19.8 Å². The summed E-state index contributed by atoms with van der Waals surface area (Å²) < 4.78 is 32.6. The van der Waals surface area contributed by atoms with E-state index in [2.05, 4.69) is 47.9 Å². The Morgan fingerprint density at radius 2 is 1.20 bits per heavy atom. The van der Waals surface area contributed by atoms with E-state index in [4.69, 9.17) is 19.1 Å². The van der Waals surface area contributed by atoms with Gasteiger partial charge in [0.05, 0.1) is 25.9 Å². The Morgan fingerprint density at radius 3 is 1.89 bits per heavy atom. The molecular weight excluding hydrogens is 735 g/mol. The van der Waals surface area contributed by atoms with Crippen LogP contribution in [0.5, 0.6) is 0 Å². The zero-order chi connectivity index (χ0) is 41.4. The summed E-state index contributed by atoms with van der Waals surface area (Å²) in [6.07, 6.45) is 41.8. The van der Waals surface area contributed by atoms with Gasteiger partial charge in [0.1, 0.15) is 12.7 Å². The van der Waals surface area contributed by atoms with Crippen molar-refractivity contribution in [1.82, 2.24) is 0 Å². The van der Waals surface area contributed by atoms with Gasteiger partial charge < -0.3 is 29.7 Å². The predicted molar refractivity (Wildman–Crippen MR) is 225 cm³/mol. The molecule has 0 saturated heterocycles. The Balaban J connectivity index is 4.50. The Labute approximate surface area is 337 Å². The molecule has 0 aliphatic carbocycles. The van der Waals surface area contributed by atoms with Gasteiger partial charge in [0.25, 0.3) is 0 Å². The van der Waals surface area contributed by atoms with Crippen LogP contribution in [0.25, 0.3) is 0 Å². The summed E-state index contributed by atoms with van der Waals surface area (Å²) >= 11 is 0. The molecule has 0 amide bonds. The van der Waals surface area contributed by atoms with E-state index in [0.717, 1.165) is 57.8 Å². The van der Waals surface area contributed by atoms with E-state index in [1.54, 1.807) is 6.08 Å². The molecule has 0 aromatic carbocycles. The molecule has 0 saturated carbocycles. The monoisotopic (exact) mass is 808 g/mol. The summed E-state index contributed by atoms with van der Waals surface area (Å²) in [5.74, 6) is -1.04. The topological polar surface area (TPSA) is 169 Å². The van der Waals surface area contributed by atoms with E-state index in [0.29, 0.717) is 25.7 Å². The van der Waals surface area contributed by atoms with Gasteiger partial charge >= 0.3 is 19.8 Å². The third-order valence-corrected chi connectivity index (χ3v) is 9.09. The molecule has 56 heavy (non-hydrogen) atoms. The number of rotatable bonds is 37. The Bertz CT molecular complexity index is 1220. The summed E-state index contributed by atoms with van der Waals surface area (Å²) in [5.41, 5.74) is 0. The molecule has 0 aliphatic rings. The first-order chi connectivity index (χ1) is 27.1. The number of carbonyl (C=O) groups excluding carboxylic acids is 2. The van der Waals surface area contributed by atoms with Crippen molar-refractivity contribution < 1.29 is 52.9 Å². The average molecular weight is 809 g/mol. The van der Waals surface area contributed by atoms with Gasteiger partial charge in [-0.1, -0.05) is 137 Å². The molecule has 4 N–H and O–H groups in total. The standard InChI is InChI=1S/C44H73O11P/c1-3-5-7-8-9-10-11-12-13-14-19-22-25-28-31-35-44(49)55-42(39-54-56(50,51)53-37-41(47)36-45)38-52-43(48)34-30-27-24-21-18-16-15-17-20-23-26-29-33-40(46)32-6-4-2/h6,10-13,15-16,20-21,23-24,26,29,32,40-42,45-47H,3-5,7-9,14,17-19,22,25,27-28,30-31,33-39H2,1-2H3,(H,50,51)/b11-10-,13-12-,16-15-,23-20-,24-21-,29-26+,32-6-/t40?,41-,42+/m0/s1. The van der Waals surface area contributed by atoms with Gasteiger partial charge in [-0.3, -0.25) is 18.6 Å². The van der Waals surface area contributed by atoms with Crippen LogP contribution >= 0.6 is 7.82 Å². The van der Waals surface area contributed by atoms with Gasteiger partial charge in [0, 0.05) is 12.8 Å². The predicted octanol–water partition coefficient (Wildman–Crippen LogP) is 9.63. The second kappa shape index (κ2) is 39.0. The maximum atomic E-state index is 12.6. The Kier molecular flexibility index (Phi) is 36.9. The molecule has 11 nitrogen and oxygen atoms in total. The number of hydrogen-bond donors (Lipinski definition) is 4. The maximum absolute atomic E-state index is 12.6. The van der Waals surface area contributed by atoms with Crippen LogP contribution in [0.1, 0.15) is 136 Å². The van der Waals surface area contributed by atoms with Crippen molar-refractivity contribution in [1.29, 1.82) is 0 Å². The molecule has 0 fully saturated rings. The van der Waals surface area contributed by atoms with Crippen LogP contribution in [-0.2, 0) is 32.7 Å². The van der Waals surface area contributed by atoms with E-state index >= 15 is 0 Å². The smallest absolute Gasteiger partial charge is 0.462 e. The fraction of sp³-hybridized carbons (Fsp3) is 0.636. The molecule has 0 heterocycles. The van der Waals surface area contributed by atoms with Crippen molar-refractivity contribution in [2.45, 2.75) is 154 Å². The minimum absolute atomic E-state index is 0.137. The largest absolute Gasteiger partial charge is 0.472 e. The lowest BCUT2D eigenvalue weighted by Crippen LogP contribution is -2.29. The molecular formula is C44H73O11P. The van der Waals surface area contributed by atoms with Crippen LogP contribution in [0, 0.1) is 0 Å². The SMILES string of the molecule is CC/C=C\C(O)C/C=C/C=C\C/C=C\C/C=C\CCCC(=O)OC[C@H](COP(=O)(O)OC[C@@H](O)CO)OC(=O)CCCCCCC/C=C\C=C/CCCCCC. The molecule has 0 bridgehead atoms. The molecule has 4 atom stereocenters. The molecule has 0 radical (unpaired) electrons. The molecule has 2 unspecified atom stereocenters. The zero-order valence-electron chi connectivity index (χ0n) is 34.2. The first kappa shape index (κ1) is 53.1. The fourth-order valence-corrected chi connectivity index (χ4v) is 5.71. The van der Waals surface area contributed by atoms with Crippen molar-refractivity contribution in [2.75, 3.05) is 26.4 Å². The zero-order valence-corrected chi connectivity index (χ0v) is 35.1. The van der Waals surface area contributed by atoms with E-state index in [-0.39, 0.29) is 19.4 Å². The number of aliphatic hydroxyl groups is 3. The molecule has 0 aromatic rings. The lowest BCUT2D eigenvalue weighted by molar-refractivity contribution is -0.161. The van der Waals surface area contributed by atoms with Crippen LogP contribution in [-0.4, -0.2) is 76.9 Å². The van der Waals surface area contributed by atoms with E-state index in [9.17, 15) is 29.3 Å². The molecule has 320 valence electrons. The number of ether oxygens (including phenoxy) is 2. The molecule has 0 aromatic heterocycles. The van der Waals surface area contributed by atoms with Crippen LogP contribution in [0.2, 0.25) is 0 Å². The van der Waals surface area contributed by atoms with Crippen molar-refractivity contribution in [3.8, 4) is 0 Å². The highest BCUT2D eigenvalue weighted by molar-refractivity contribution is 7.47. The molecule has 12 heteroatoms. The van der Waals surface area contributed by atoms with E-state index in [1.807, 2.05) is 49.5 Å². The number of carbonyl (C=O) groups is 2. The average Bonchev–Trinajstić information content (AvgIpc) is 3.18. The lowest BCUT2D eigenvalue weighted by Gasteiger charge is -2.20. The highest BCUT2D eigenvalue weighted by Crippen LogP contribution is 2.43. The van der Waals surface area contributed by atoms with Gasteiger partial charge in [0.15, 0.2) is 6.10 Å². The van der Waals surface area contributed by atoms with Crippen molar-refractivity contribution in [3.63, 3.8) is 0 Å². The van der Waals surface area contributed by atoms with Gasteiger partial charge in [-0.2, -0.15) is 0 Å². The van der Waals surface area contributed by atoms with Crippen molar-refractivity contribution in [2.24, 2.45) is 0 Å². The summed E-state index contributed by atoms with van der Waals surface area (Å²) in [6.45, 7) is 2.00. The number of phosphoric ester groups is 1. The first-order valence-electron chi connectivity index (χ1n) is 20.7. The first-order valence-corrected chi connectivity index (χ1v) is 22.2. The van der Waals surface area contributed by atoms with Gasteiger partial charge in [-0.25, -0.2) is 4.57 Å². The summed E-state index contributed by atoms with van der Waals surface area (Å²) in [7, 11) is -4.65. The highest BCUT2D eigenvalue weighted by Gasteiger charge is 2.27. The van der Waals surface area contributed by atoms with Gasteiger partial charge in [0.2, 0.25) is 0 Å². The van der Waals surface area contributed by atoms with Gasteiger partial charge in [-0.15, -0.1) is 0 Å². The van der Waals surface area contributed by atoms with Crippen LogP contribution < -0.4 is 0 Å². The number of allylic oxidation sites excluding steroid dienone is 12. The minimum atomic E-state index is -4.65. The number of unbranched alkanes of at least 4 members (excludes halogenated alkanes) is 10. The lowest BCUT2D eigenvalue weighted by atomic mass is 10.1. The van der Waals surface area contributed by atoms with Crippen LogP contribution in [0.15, 0.2) is 85.1 Å². The van der Waals surface area contributed by atoms with Crippen molar-refractivity contribution in [3.05, 3.63) is 85.1 Å². The number of aliphatic hydroxyl groups excluding tert-OH is 3. The van der Waals surface area contributed by atoms with Crippen LogP contribution in [0.3, 0.4) is 0 Å². The second-order valence-electron chi connectivity index (χ2n) is 13.5. The summed E-state index contributed by atoms with van der Waals surface area (Å²) in [6, 6.07) is 0.